The lowest BCUT2D eigenvalue weighted by molar-refractivity contribution is 0.102. The van der Waals surface area contributed by atoms with Crippen molar-refractivity contribution in [2.45, 2.75) is 26.2 Å². The number of nitrogens with one attached hydrogen (secondary N) is 1. The van der Waals surface area contributed by atoms with Gasteiger partial charge in [-0.15, -0.1) is 0 Å². The van der Waals surface area contributed by atoms with Gasteiger partial charge in [0.05, 0.1) is 11.9 Å². The maximum absolute atomic E-state index is 12.1. The summed E-state index contributed by atoms with van der Waals surface area (Å²) in [4.78, 5) is 16.0. The Morgan fingerprint density at radius 1 is 1.14 bits per heavy atom. The summed E-state index contributed by atoms with van der Waals surface area (Å²) in [5.74, 6) is -0.193. The van der Waals surface area contributed by atoms with Gasteiger partial charge in [0.15, 0.2) is 0 Å². The van der Waals surface area contributed by atoms with Crippen molar-refractivity contribution >= 4 is 11.6 Å². The highest BCUT2D eigenvalue weighted by molar-refractivity contribution is 6.04. The number of benzene rings is 1. The number of hydrogen-bond donors (Lipinski definition) is 1. The fourth-order valence-corrected chi connectivity index (χ4v) is 1.86. The second-order valence-electron chi connectivity index (χ2n) is 5.83. The number of nitrogens with zero attached hydrogens (tertiary/aromatic N) is 2. The topological polar surface area (TPSA) is 65.8 Å². The van der Waals surface area contributed by atoms with Crippen LogP contribution in [0.4, 0.5) is 5.69 Å². The van der Waals surface area contributed by atoms with E-state index in [-0.39, 0.29) is 11.3 Å². The maximum Gasteiger partial charge on any atom is 0.255 e. The SMILES string of the molecule is CC(C)(C)c1ccc(C(=O)Nc2ccc(C#N)nc2)cc1. The summed E-state index contributed by atoms with van der Waals surface area (Å²) in [5.41, 5.74) is 2.72. The molecule has 0 aliphatic rings. The monoisotopic (exact) mass is 279 g/mol. The zero-order valence-corrected chi connectivity index (χ0v) is 12.3. The minimum atomic E-state index is -0.193. The van der Waals surface area contributed by atoms with Crippen LogP contribution in [0.15, 0.2) is 42.6 Å². The van der Waals surface area contributed by atoms with Crippen molar-refractivity contribution in [2.24, 2.45) is 0 Å². The maximum atomic E-state index is 12.1. The van der Waals surface area contributed by atoms with Crippen molar-refractivity contribution in [1.29, 1.82) is 5.26 Å². The first kappa shape index (κ1) is 14.7. The number of carbonyl (C=O) groups is 1. The minimum Gasteiger partial charge on any atom is -0.321 e. The molecule has 1 heterocycles. The first-order valence-electron chi connectivity index (χ1n) is 6.68. The van der Waals surface area contributed by atoms with Gasteiger partial charge in [0.2, 0.25) is 0 Å². The Morgan fingerprint density at radius 2 is 1.81 bits per heavy atom. The van der Waals surface area contributed by atoms with Gasteiger partial charge in [-0.2, -0.15) is 5.26 Å². The summed E-state index contributed by atoms with van der Waals surface area (Å²) in [6, 6.07) is 12.7. The third-order valence-corrected chi connectivity index (χ3v) is 3.15. The van der Waals surface area contributed by atoms with E-state index in [2.05, 4.69) is 31.1 Å². The van der Waals surface area contributed by atoms with E-state index in [0.717, 1.165) is 0 Å². The van der Waals surface area contributed by atoms with Crippen molar-refractivity contribution < 1.29 is 4.79 Å². The number of pyridine rings is 1. The van der Waals surface area contributed by atoms with E-state index < -0.39 is 0 Å². The lowest BCUT2D eigenvalue weighted by Crippen LogP contribution is -2.14. The molecule has 4 heteroatoms. The van der Waals surface area contributed by atoms with Crippen LogP contribution >= 0.6 is 0 Å². The molecule has 0 spiro atoms. The molecule has 0 aliphatic carbocycles. The van der Waals surface area contributed by atoms with Crippen LogP contribution in [0.1, 0.15) is 42.4 Å². The molecule has 0 atom stereocenters. The van der Waals surface area contributed by atoms with Crippen molar-refractivity contribution in [3.63, 3.8) is 0 Å². The van der Waals surface area contributed by atoms with Crippen LogP contribution in [0, 0.1) is 11.3 Å². The molecule has 0 fully saturated rings. The fourth-order valence-electron chi connectivity index (χ4n) is 1.86. The number of hydrogen-bond acceptors (Lipinski definition) is 3. The Balaban J connectivity index is 2.11. The molecular weight excluding hydrogens is 262 g/mol. The molecular formula is C17H17N3O. The number of anilines is 1. The van der Waals surface area contributed by atoms with Gasteiger partial charge in [-0.1, -0.05) is 32.9 Å². The van der Waals surface area contributed by atoms with Gasteiger partial charge in [-0.25, -0.2) is 4.98 Å². The second-order valence-corrected chi connectivity index (χ2v) is 5.83. The summed E-state index contributed by atoms with van der Waals surface area (Å²) < 4.78 is 0. The van der Waals surface area contributed by atoms with E-state index in [1.807, 2.05) is 30.3 Å². The van der Waals surface area contributed by atoms with Crippen molar-refractivity contribution in [1.82, 2.24) is 4.98 Å². The third kappa shape index (κ3) is 3.67. The summed E-state index contributed by atoms with van der Waals surface area (Å²) in [7, 11) is 0. The van der Waals surface area contributed by atoms with Crippen molar-refractivity contribution in [2.75, 3.05) is 5.32 Å². The Kier molecular flexibility index (Phi) is 4.04. The Morgan fingerprint density at radius 3 is 2.29 bits per heavy atom. The molecule has 0 radical (unpaired) electrons. The van der Waals surface area contributed by atoms with Crippen LogP contribution in [0.3, 0.4) is 0 Å². The Hall–Kier alpha value is -2.67. The molecule has 4 nitrogen and oxygen atoms in total. The number of carbonyl (C=O) groups excluding carboxylic acids is 1. The molecule has 2 aromatic rings. The van der Waals surface area contributed by atoms with Crippen LogP contribution in [0.5, 0.6) is 0 Å². The standard InChI is InChI=1S/C17H17N3O/c1-17(2,3)13-6-4-12(5-7-13)16(21)20-15-9-8-14(10-18)19-11-15/h4-9,11H,1-3H3,(H,20,21). The molecule has 0 aliphatic heterocycles. The second kappa shape index (κ2) is 5.76. The summed E-state index contributed by atoms with van der Waals surface area (Å²) >= 11 is 0. The third-order valence-electron chi connectivity index (χ3n) is 3.15. The Bertz CT molecular complexity index is 674. The molecule has 0 saturated carbocycles. The number of nitriles is 1. The number of rotatable bonds is 2. The quantitative estimate of drug-likeness (QED) is 0.914. The van der Waals surface area contributed by atoms with Crippen molar-refractivity contribution in [3.8, 4) is 6.07 Å². The van der Waals surface area contributed by atoms with E-state index >= 15 is 0 Å². The van der Waals surface area contributed by atoms with Crippen molar-refractivity contribution in [3.05, 3.63) is 59.4 Å². The van der Waals surface area contributed by atoms with Crippen LogP contribution < -0.4 is 5.32 Å². The summed E-state index contributed by atoms with van der Waals surface area (Å²) in [6.45, 7) is 6.39. The molecule has 1 aromatic carbocycles. The summed E-state index contributed by atoms with van der Waals surface area (Å²) in [6.07, 6.45) is 1.47. The van der Waals surface area contributed by atoms with Crippen LogP contribution in [0.2, 0.25) is 0 Å². The molecule has 1 aromatic heterocycles. The van der Waals surface area contributed by atoms with E-state index in [1.54, 1.807) is 12.1 Å². The van der Waals surface area contributed by atoms with E-state index in [4.69, 9.17) is 5.26 Å². The number of aromatic nitrogens is 1. The van der Waals surface area contributed by atoms with E-state index in [0.29, 0.717) is 16.9 Å². The molecule has 0 bridgehead atoms. The average Bonchev–Trinajstić information content (AvgIpc) is 2.47. The van der Waals surface area contributed by atoms with Crippen LogP contribution in [-0.4, -0.2) is 10.9 Å². The minimum absolute atomic E-state index is 0.0616. The van der Waals surface area contributed by atoms with E-state index in [9.17, 15) is 4.79 Å². The highest BCUT2D eigenvalue weighted by Crippen LogP contribution is 2.22. The molecule has 1 amide bonds. The number of amides is 1. The highest BCUT2D eigenvalue weighted by atomic mass is 16.1. The van der Waals surface area contributed by atoms with Gasteiger partial charge in [0.25, 0.3) is 5.91 Å². The smallest absolute Gasteiger partial charge is 0.255 e. The van der Waals surface area contributed by atoms with Gasteiger partial charge in [0, 0.05) is 5.56 Å². The summed E-state index contributed by atoms with van der Waals surface area (Å²) in [5, 5.41) is 11.4. The fraction of sp³-hybridized carbons (Fsp3) is 0.235. The largest absolute Gasteiger partial charge is 0.321 e. The lowest BCUT2D eigenvalue weighted by atomic mass is 9.87. The first-order valence-corrected chi connectivity index (χ1v) is 6.68. The lowest BCUT2D eigenvalue weighted by Gasteiger charge is -2.19. The zero-order valence-electron chi connectivity index (χ0n) is 12.3. The predicted octanol–water partition coefficient (Wildman–Crippen LogP) is 3.50. The van der Waals surface area contributed by atoms with Gasteiger partial charge >= 0.3 is 0 Å². The molecule has 0 saturated heterocycles. The molecule has 2 rings (SSSR count). The molecule has 106 valence electrons. The van der Waals surface area contributed by atoms with Crippen LogP contribution in [-0.2, 0) is 5.41 Å². The zero-order chi connectivity index (χ0) is 15.5. The first-order chi connectivity index (χ1) is 9.90. The Labute approximate surface area is 124 Å². The van der Waals surface area contributed by atoms with Gasteiger partial charge in [0.1, 0.15) is 11.8 Å². The normalized spacial score (nSPS) is 10.8. The van der Waals surface area contributed by atoms with Gasteiger partial charge < -0.3 is 5.32 Å². The average molecular weight is 279 g/mol. The molecule has 21 heavy (non-hydrogen) atoms. The predicted molar refractivity (Wildman–Crippen MR) is 82.0 cm³/mol. The van der Waals surface area contributed by atoms with Crippen LogP contribution in [0.25, 0.3) is 0 Å². The van der Waals surface area contributed by atoms with E-state index in [1.165, 1.54) is 11.8 Å². The highest BCUT2D eigenvalue weighted by Gasteiger charge is 2.14. The van der Waals surface area contributed by atoms with Gasteiger partial charge in [-0.3, -0.25) is 4.79 Å². The van der Waals surface area contributed by atoms with Gasteiger partial charge in [-0.05, 0) is 35.2 Å². The molecule has 1 N–H and O–H groups in total. The molecule has 0 unspecified atom stereocenters.